The number of carbonyl (C=O) groups is 2. The summed E-state index contributed by atoms with van der Waals surface area (Å²) in [6.07, 6.45) is 4.06. The predicted octanol–water partition coefficient (Wildman–Crippen LogP) is 2.63. The van der Waals surface area contributed by atoms with Crippen LogP contribution in [-0.4, -0.2) is 11.7 Å². The molecule has 3 heteroatoms. The van der Waals surface area contributed by atoms with Crippen LogP contribution in [0.5, 0.6) is 0 Å². The zero-order chi connectivity index (χ0) is 11.8. The SMILES string of the molecule is O=C(Nc1ccc(C(=O)C2CC2)cc1)C1CC1. The highest BCUT2D eigenvalue weighted by molar-refractivity contribution is 6.00. The normalized spacial score (nSPS) is 18.8. The first-order chi connectivity index (χ1) is 8.24. The van der Waals surface area contributed by atoms with Gasteiger partial charge in [0.05, 0.1) is 0 Å². The van der Waals surface area contributed by atoms with E-state index in [9.17, 15) is 9.59 Å². The number of amides is 1. The molecule has 1 aromatic carbocycles. The maximum absolute atomic E-state index is 11.8. The first-order valence-electron chi connectivity index (χ1n) is 6.19. The minimum Gasteiger partial charge on any atom is -0.326 e. The Morgan fingerprint density at radius 2 is 1.53 bits per heavy atom. The van der Waals surface area contributed by atoms with Gasteiger partial charge >= 0.3 is 0 Å². The Bertz CT molecular complexity index is 456. The van der Waals surface area contributed by atoms with Gasteiger partial charge in [0.1, 0.15) is 0 Å². The summed E-state index contributed by atoms with van der Waals surface area (Å²) >= 11 is 0. The molecule has 1 aromatic rings. The maximum atomic E-state index is 11.8. The molecule has 1 N–H and O–H groups in total. The number of ketones is 1. The molecule has 0 unspecified atom stereocenters. The Kier molecular flexibility index (Phi) is 2.46. The van der Waals surface area contributed by atoms with Crippen molar-refractivity contribution in [2.24, 2.45) is 11.8 Å². The molecule has 0 heterocycles. The van der Waals surface area contributed by atoms with Crippen molar-refractivity contribution in [1.82, 2.24) is 0 Å². The highest BCUT2D eigenvalue weighted by Crippen LogP contribution is 2.33. The van der Waals surface area contributed by atoms with Crippen LogP contribution in [-0.2, 0) is 4.79 Å². The zero-order valence-electron chi connectivity index (χ0n) is 9.61. The monoisotopic (exact) mass is 229 g/mol. The van der Waals surface area contributed by atoms with Crippen molar-refractivity contribution in [3.05, 3.63) is 29.8 Å². The summed E-state index contributed by atoms with van der Waals surface area (Å²) in [6, 6.07) is 7.25. The summed E-state index contributed by atoms with van der Waals surface area (Å²) in [7, 11) is 0. The second-order valence-electron chi connectivity index (χ2n) is 4.98. The van der Waals surface area contributed by atoms with E-state index in [0.29, 0.717) is 0 Å². The van der Waals surface area contributed by atoms with Crippen LogP contribution in [0.15, 0.2) is 24.3 Å². The third kappa shape index (κ3) is 2.38. The average molecular weight is 229 g/mol. The van der Waals surface area contributed by atoms with Gasteiger partial charge in [-0.05, 0) is 49.9 Å². The van der Waals surface area contributed by atoms with E-state index in [2.05, 4.69) is 5.32 Å². The van der Waals surface area contributed by atoms with E-state index in [-0.39, 0.29) is 23.5 Å². The number of hydrogen-bond donors (Lipinski definition) is 1. The number of Topliss-reactive ketones (excluding diaryl/α,β-unsaturated/α-hetero) is 1. The van der Waals surface area contributed by atoms with Gasteiger partial charge in [-0.1, -0.05) is 0 Å². The predicted molar refractivity (Wildman–Crippen MR) is 64.9 cm³/mol. The Morgan fingerprint density at radius 3 is 2.06 bits per heavy atom. The quantitative estimate of drug-likeness (QED) is 0.807. The molecule has 17 heavy (non-hydrogen) atoms. The number of nitrogens with one attached hydrogen (secondary N) is 1. The highest BCUT2D eigenvalue weighted by atomic mass is 16.2. The fraction of sp³-hybridized carbons (Fsp3) is 0.429. The van der Waals surface area contributed by atoms with E-state index in [1.165, 1.54) is 0 Å². The zero-order valence-corrected chi connectivity index (χ0v) is 9.61. The van der Waals surface area contributed by atoms with Gasteiger partial charge in [0, 0.05) is 23.1 Å². The summed E-state index contributed by atoms with van der Waals surface area (Å²) < 4.78 is 0. The van der Waals surface area contributed by atoms with E-state index in [1.54, 1.807) is 0 Å². The first kappa shape index (κ1) is 10.5. The van der Waals surface area contributed by atoms with E-state index >= 15 is 0 Å². The second-order valence-corrected chi connectivity index (χ2v) is 4.98. The third-order valence-electron chi connectivity index (χ3n) is 3.33. The summed E-state index contributed by atoms with van der Waals surface area (Å²) in [5.41, 5.74) is 1.55. The molecule has 0 bridgehead atoms. The molecule has 0 aliphatic heterocycles. The lowest BCUT2D eigenvalue weighted by molar-refractivity contribution is -0.117. The average Bonchev–Trinajstić information content (AvgIpc) is 3.20. The molecular weight excluding hydrogens is 214 g/mol. The lowest BCUT2D eigenvalue weighted by Crippen LogP contribution is -2.13. The van der Waals surface area contributed by atoms with E-state index in [4.69, 9.17) is 0 Å². The maximum Gasteiger partial charge on any atom is 0.227 e. The van der Waals surface area contributed by atoms with Gasteiger partial charge < -0.3 is 5.32 Å². The minimum atomic E-state index is 0.103. The Balaban J connectivity index is 1.66. The van der Waals surface area contributed by atoms with Crippen molar-refractivity contribution in [2.45, 2.75) is 25.7 Å². The van der Waals surface area contributed by atoms with Gasteiger partial charge in [0.25, 0.3) is 0 Å². The Morgan fingerprint density at radius 1 is 0.941 bits per heavy atom. The number of hydrogen-bond acceptors (Lipinski definition) is 2. The highest BCUT2D eigenvalue weighted by Gasteiger charge is 2.31. The minimum absolute atomic E-state index is 0.103. The Hall–Kier alpha value is -1.64. The molecule has 2 aliphatic rings. The van der Waals surface area contributed by atoms with Gasteiger partial charge in [0.15, 0.2) is 5.78 Å². The molecule has 0 saturated heterocycles. The van der Waals surface area contributed by atoms with Gasteiger partial charge in [-0.25, -0.2) is 0 Å². The summed E-state index contributed by atoms with van der Waals surface area (Å²) in [6.45, 7) is 0. The molecule has 2 aliphatic carbocycles. The smallest absolute Gasteiger partial charge is 0.227 e. The number of anilines is 1. The second kappa shape index (κ2) is 3.99. The van der Waals surface area contributed by atoms with Crippen LogP contribution < -0.4 is 5.32 Å². The molecule has 1 amide bonds. The van der Waals surface area contributed by atoms with Crippen LogP contribution in [0.25, 0.3) is 0 Å². The summed E-state index contributed by atoms with van der Waals surface area (Å²) in [5, 5.41) is 2.86. The lowest BCUT2D eigenvalue weighted by atomic mass is 10.1. The molecule has 2 saturated carbocycles. The van der Waals surface area contributed by atoms with Gasteiger partial charge in [-0.2, -0.15) is 0 Å². The molecular formula is C14H15NO2. The van der Waals surface area contributed by atoms with Crippen LogP contribution >= 0.6 is 0 Å². The largest absolute Gasteiger partial charge is 0.326 e. The van der Waals surface area contributed by atoms with Crippen molar-refractivity contribution >= 4 is 17.4 Å². The molecule has 3 rings (SSSR count). The molecule has 0 atom stereocenters. The topological polar surface area (TPSA) is 46.2 Å². The van der Waals surface area contributed by atoms with Crippen molar-refractivity contribution in [3.8, 4) is 0 Å². The Labute approximate surface area is 100 Å². The van der Waals surface area contributed by atoms with Crippen molar-refractivity contribution in [2.75, 3.05) is 5.32 Å². The number of rotatable bonds is 4. The molecule has 88 valence electrons. The van der Waals surface area contributed by atoms with E-state index in [0.717, 1.165) is 36.9 Å². The fourth-order valence-corrected chi connectivity index (χ4v) is 1.89. The van der Waals surface area contributed by atoms with Crippen molar-refractivity contribution in [1.29, 1.82) is 0 Å². The number of carbonyl (C=O) groups excluding carboxylic acids is 2. The summed E-state index contributed by atoms with van der Waals surface area (Å²) in [5.74, 6) is 0.806. The molecule has 2 fully saturated rings. The molecule has 0 spiro atoms. The lowest BCUT2D eigenvalue weighted by Gasteiger charge is -2.05. The third-order valence-corrected chi connectivity index (χ3v) is 3.33. The van der Waals surface area contributed by atoms with Crippen molar-refractivity contribution in [3.63, 3.8) is 0 Å². The van der Waals surface area contributed by atoms with Crippen molar-refractivity contribution < 1.29 is 9.59 Å². The fourth-order valence-electron chi connectivity index (χ4n) is 1.89. The molecule has 0 aromatic heterocycles. The standard InChI is InChI=1S/C14H15NO2/c16-13(9-1-2-9)10-5-7-12(8-6-10)15-14(17)11-3-4-11/h5-9,11H,1-4H2,(H,15,17). The first-order valence-corrected chi connectivity index (χ1v) is 6.19. The summed E-state index contributed by atoms with van der Waals surface area (Å²) in [4.78, 5) is 23.3. The molecule has 3 nitrogen and oxygen atoms in total. The van der Waals surface area contributed by atoms with Gasteiger partial charge in [-0.15, -0.1) is 0 Å². The number of benzene rings is 1. The van der Waals surface area contributed by atoms with Crippen LogP contribution in [0.2, 0.25) is 0 Å². The van der Waals surface area contributed by atoms with Gasteiger partial charge in [-0.3, -0.25) is 9.59 Å². The van der Waals surface area contributed by atoms with Gasteiger partial charge in [0.2, 0.25) is 5.91 Å². The van der Waals surface area contributed by atoms with Crippen LogP contribution in [0.4, 0.5) is 5.69 Å². The van der Waals surface area contributed by atoms with Crippen LogP contribution in [0, 0.1) is 11.8 Å². The van der Waals surface area contributed by atoms with E-state index in [1.807, 2.05) is 24.3 Å². The van der Waals surface area contributed by atoms with Crippen LogP contribution in [0.1, 0.15) is 36.0 Å². The molecule has 0 radical (unpaired) electrons. The van der Waals surface area contributed by atoms with E-state index < -0.39 is 0 Å². The van der Waals surface area contributed by atoms with Crippen LogP contribution in [0.3, 0.4) is 0 Å².